The van der Waals surface area contributed by atoms with E-state index in [1.807, 2.05) is 0 Å². The largest absolute Gasteiger partial charge is 0.352 e. The van der Waals surface area contributed by atoms with Gasteiger partial charge in [0.05, 0.1) is 0 Å². The van der Waals surface area contributed by atoms with Crippen LogP contribution in [0.2, 0.25) is 0 Å². The summed E-state index contributed by atoms with van der Waals surface area (Å²) in [6, 6.07) is 4.16. The van der Waals surface area contributed by atoms with Crippen molar-refractivity contribution in [3.8, 4) is 0 Å². The van der Waals surface area contributed by atoms with Gasteiger partial charge in [-0.1, -0.05) is 12.1 Å². The van der Waals surface area contributed by atoms with Crippen LogP contribution in [-0.2, 0) is 11.3 Å². The minimum atomic E-state index is 0.0140. The first kappa shape index (κ1) is 12.7. The van der Waals surface area contributed by atoms with Crippen molar-refractivity contribution in [2.45, 2.75) is 33.7 Å². The first-order valence-electron chi connectivity index (χ1n) is 5.58. The van der Waals surface area contributed by atoms with Crippen LogP contribution in [0.4, 0.5) is 0 Å². The molecule has 16 heavy (non-hydrogen) atoms. The number of hydrogen-bond donors (Lipinski definition) is 2. The third-order valence-corrected chi connectivity index (χ3v) is 3.02. The second kappa shape index (κ2) is 5.66. The van der Waals surface area contributed by atoms with E-state index in [0.29, 0.717) is 19.5 Å². The summed E-state index contributed by atoms with van der Waals surface area (Å²) >= 11 is 0. The Morgan fingerprint density at radius 3 is 2.56 bits per heavy atom. The van der Waals surface area contributed by atoms with Crippen molar-refractivity contribution in [1.82, 2.24) is 5.32 Å². The molecule has 0 unspecified atom stereocenters. The number of hydrogen-bond acceptors (Lipinski definition) is 2. The predicted molar refractivity (Wildman–Crippen MR) is 66.2 cm³/mol. The Labute approximate surface area is 97.0 Å². The zero-order chi connectivity index (χ0) is 12.1. The van der Waals surface area contributed by atoms with Crippen molar-refractivity contribution in [1.29, 1.82) is 0 Å². The van der Waals surface area contributed by atoms with Gasteiger partial charge in [-0.05, 0) is 43.0 Å². The Hall–Kier alpha value is -1.35. The topological polar surface area (TPSA) is 55.1 Å². The van der Waals surface area contributed by atoms with Gasteiger partial charge in [0.15, 0.2) is 0 Å². The van der Waals surface area contributed by atoms with Crippen LogP contribution in [0.25, 0.3) is 0 Å². The summed E-state index contributed by atoms with van der Waals surface area (Å²) in [5, 5.41) is 2.87. The van der Waals surface area contributed by atoms with Crippen LogP contribution in [0.5, 0.6) is 0 Å². The molecule has 0 atom stereocenters. The van der Waals surface area contributed by atoms with Crippen molar-refractivity contribution >= 4 is 5.91 Å². The molecule has 0 heterocycles. The monoisotopic (exact) mass is 220 g/mol. The smallest absolute Gasteiger partial charge is 0.221 e. The molecule has 3 heteroatoms. The summed E-state index contributed by atoms with van der Waals surface area (Å²) in [6.07, 6.45) is 0.393. The Morgan fingerprint density at radius 1 is 1.25 bits per heavy atom. The molecule has 88 valence electrons. The minimum absolute atomic E-state index is 0.0140. The second-order valence-electron chi connectivity index (χ2n) is 4.11. The molecule has 0 fully saturated rings. The average Bonchev–Trinajstić information content (AvgIpc) is 2.25. The molecule has 0 saturated heterocycles. The summed E-state index contributed by atoms with van der Waals surface area (Å²) in [5.41, 5.74) is 10.3. The number of carbonyl (C=O) groups is 1. The molecular formula is C13H20N2O. The van der Waals surface area contributed by atoms with Crippen molar-refractivity contribution in [2.24, 2.45) is 5.73 Å². The fourth-order valence-corrected chi connectivity index (χ4v) is 1.62. The number of nitrogens with two attached hydrogens (primary N) is 1. The van der Waals surface area contributed by atoms with Crippen LogP contribution >= 0.6 is 0 Å². The minimum Gasteiger partial charge on any atom is -0.352 e. The lowest BCUT2D eigenvalue weighted by Gasteiger charge is -2.12. The maximum absolute atomic E-state index is 11.3. The molecule has 1 rings (SSSR count). The van der Waals surface area contributed by atoms with E-state index in [9.17, 15) is 4.79 Å². The van der Waals surface area contributed by atoms with Crippen LogP contribution in [0.3, 0.4) is 0 Å². The summed E-state index contributed by atoms with van der Waals surface area (Å²) in [7, 11) is 0. The van der Waals surface area contributed by atoms with Gasteiger partial charge in [-0.25, -0.2) is 0 Å². The first-order chi connectivity index (χ1) is 7.56. The van der Waals surface area contributed by atoms with E-state index in [0.717, 1.165) is 0 Å². The molecule has 0 bridgehead atoms. The molecule has 3 nitrogen and oxygen atoms in total. The molecule has 0 aliphatic carbocycles. The average molecular weight is 220 g/mol. The molecule has 1 aromatic carbocycles. The predicted octanol–water partition coefficient (Wildman–Crippen LogP) is 1.58. The Kier molecular flexibility index (Phi) is 4.50. The molecule has 0 aliphatic rings. The van der Waals surface area contributed by atoms with Gasteiger partial charge in [0, 0.05) is 19.5 Å². The standard InChI is InChI=1S/C13H20N2O/c1-9-4-5-12(11(3)10(9)2)8-15-13(16)6-7-14/h4-5H,6-8,14H2,1-3H3,(H,15,16). The molecule has 0 aliphatic heterocycles. The number of carbonyl (C=O) groups excluding carboxylic acids is 1. The van der Waals surface area contributed by atoms with E-state index < -0.39 is 0 Å². The van der Waals surface area contributed by atoms with Gasteiger partial charge in [-0.2, -0.15) is 0 Å². The SMILES string of the molecule is Cc1ccc(CNC(=O)CCN)c(C)c1C. The van der Waals surface area contributed by atoms with Gasteiger partial charge in [-0.3, -0.25) is 4.79 Å². The summed E-state index contributed by atoms with van der Waals surface area (Å²) in [4.78, 5) is 11.3. The number of nitrogens with one attached hydrogen (secondary N) is 1. The molecule has 1 amide bonds. The maximum Gasteiger partial charge on any atom is 0.221 e. The molecule has 1 aromatic rings. The third kappa shape index (κ3) is 3.07. The molecular weight excluding hydrogens is 200 g/mol. The Balaban J connectivity index is 2.68. The fraction of sp³-hybridized carbons (Fsp3) is 0.462. The number of rotatable bonds is 4. The zero-order valence-electron chi connectivity index (χ0n) is 10.3. The van der Waals surface area contributed by atoms with Crippen LogP contribution in [0.15, 0.2) is 12.1 Å². The van der Waals surface area contributed by atoms with Crippen LogP contribution < -0.4 is 11.1 Å². The number of aryl methyl sites for hydroxylation is 1. The summed E-state index contributed by atoms with van der Waals surface area (Å²) < 4.78 is 0. The number of benzene rings is 1. The van der Waals surface area contributed by atoms with Gasteiger partial charge >= 0.3 is 0 Å². The highest BCUT2D eigenvalue weighted by atomic mass is 16.1. The van der Waals surface area contributed by atoms with E-state index in [-0.39, 0.29) is 5.91 Å². The van der Waals surface area contributed by atoms with Crippen LogP contribution in [0, 0.1) is 20.8 Å². The lowest BCUT2D eigenvalue weighted by Crippen LogP contribution is -2.25. The quantitative estimate of drug-likeness (QED) is 0.809. The Bertz CT molecular complexity index is 386. The van der Waals surface area contributed by atoms with Gasteiger partial charge in [0.1, 0.15) is 0 Å². The zero-order valence-corrected chi connectivity index (χ0v) is 10.3. The third-order valence-electron chi connectivity index (χ3n) is 3.02. The molecule has 0 saturated carbocycles. The van der Waals surface area contributed by atoms with Crippen molar-refractivity contribution in [3.63, 3.8) is 0 Å². The fourth-order valence-electron chi connectivity index (χ4n) is 1.62. The van der Waals surface area contributed by atoms with Crippen molar-refractivity contribution < 1.29 is 4.79 Å². The second-order valence-corrected chi connectivity index (χ2v) is 4.11. The van der Waals surface area contributed by atoms with E-state index in [2.05, 4.69) is 38.2 Å². The number of amides is 1. The van der Waals surface area contributed by atoms with Crippen molar-refractivity contribution in [2.75, 3.05) is 6.54 Å². The van der Waals surface area contributed by atoms with E-state index in [1.165, 1.54) is 22.3 Å². The highest BCUT2D eigenvalue weighted by molar-refractivity contribution is 5.76. The molecule has 0 aromatic heterocycles. The summed E-state index contributed by atoms with van der Waals surface area (Å²) in [5.74, 6) is 0.0140. The van der Waals surface area contributed by atoms with Crippen LogP contribution in [0.1, 0.15) is 28.7 Å². The lowest BCUT2D eigenvalue weighted by molar-refractivity contribution is -0.121. The molecule has 0 radical (unpaired) electrons. The van der Waals surface area contributed by atoms with Crippen LogP contribution in [-0.4, -0.2) is 12.5 Å². The van der Waals surface area contributed by atoms with E-state index in [1.54, 1.807) is 0 Å². The molecule has 0 spiro atoms. The van der Waals surface area contributed by atoms with Gasteiger partial charge < -0.3 is 11.1 Å². The van der Waals surface area contributed by atoms with Crippen molar-refractivity contribution in [3.05, 3.63) is 34.4 Å². The highest BCUT2D eigenvalue weighted by Crippen LogP contribution is 2.16. The summed E-state index contributed by atoms with van der Waals surface area (Å²) in [6.45, 7) is 7.28. The molecule has 3 N–H and O–H groups in total. The lowest BCUT2D eigenvalue weighted by atomic mass is 9.99. The Morgan fingerprint density at radius 2 is 1.94 bits per heavy atom. The van der Waals surface area contributed by atoms with Gasteiger partial charge in [-0.15, -0.1) is 0 Å². The normalized spacial score (nSPS) is 10.2. The van der Waals surface area contributed by atoms with E-state index in [4.69, 9.17) is 5.73 Å². The highest BCUT2D eigenvalue weighted by Gasteiger charge is 2.05. The first-order valence-corrected chi connectivity index (χ1v) is 5.58. The van der Waals surface area contributed by atoms with Gasteiger partial charge in [0.2, 0.25) is 5.91 Å². The maximum atomic E-state index is 11.3. The van der Waals surface area contributed by atoms with E-state index >= 15 is 0 Å². The van der Waals surface area contributed by atoms with Gasteiger partial charge in [0.25, 0.3) is 0 Å².